The van der Waals surface area contributed by atoms with E-state index in [-0.39, 0.29) is 18.3 Å². The Morgan fingerprint density at radius 1 is 1.00 bits per heavy atom. The quantitative estimate of drug-likeness (QED) is 0.817. The van der Waals surface area contributed by atoms with Gasteiger partial charge < -0.3 is 11.1 Å². The fourth-order valence-corrected chi connectivity index (χ4v) is 5.44. The summed E-state index contributed by atoms with van der Waals surface area (Å²) in [6, 6.07) is 0.771. The van der Waals surface area contributed by atoms with Crippen LogP contribution in [0, 0.1) is 29.6 Å². The zero-order valence-electron chi connectivity index (χ0n) is 14.8. The summed E-state index contributed by atoms with van der Waals surface area (Å²) in [5.74, 6) is 3.09. The Bertz CT molecular complexity index is 387. The van der Waals surface area contributed by atoms with E-state index in [1.165, 1.54) is 44.9 Å². The van der Waals surface area contributed by atoms with Gasteiger partial charge in [-0.25, -0.2) is 0 Å². The fourth-order valence-electron chi connectivity index (χ4n) is 5.44. The van der Waals surface area contributed by atoms with E-state index < -0.39 is 0 Å². The number of fused-ring (bicyclic) bond motifs is 2. The first kappa shape index (κ1) is 19.1. The highest BCUT2D eigenvalue weighted by Gasteiger charge is 2.41. The van der Waals surface area contributed by atoms with Crippen molar-refractivity contribution in [1.29, 1.82) is 0 Å². The van der Waals surface area contributed by atoms with Gasteiger partial charge in [-0.05, 0) is 62.2 Å². The van der Waals surface area contributed by atoms with Gasteiger partial charge in [-0.2, -0.15) is 0 Å². The van der Waals surface area contributed by atoms with Crippen molar-refractivity contribution in [3.05, 3.63) is 0 Å². The topological polar surface area (TPSA) is 55.1 Å². The van der Waals surface area contributed by atoms with Gasteiger partial charge in [0.1, 0.15) is 0 Å². The predicted molar refractivity (Wildman–Crippen MR) is 97.5 cm³/mol. The van der Waals surface area contributed by atoms with Crippen LogP contribution in [0.5, 0.6) is 0 Å². The largest absolute Gasteiger partial charge is 0.353 e. The van der Waals surface area contributed by atoms with E-state index in [2.05, 4.69) is 19.2 Å². The minimum absolute atomic E-state index is 0. The van der Waals surface area contributed by atoms with Crippen molar-refractivity contribution in [2.24, 2.45) is 35.3 Å². The number of hydrogen-bond acceptors (Lipinski definition) is 2. The Morgan fingerprint density at radius 3 is 2.22 bits per heavy atom. The summed E-state index contributed by atoms with van der Waals surface area (Å²) in [4.78, 5) is 12.8. The van der Waals surface area contributed by atoms with Gasteiger partial charge in [0, 0.05) is 18.0 Å². The van der Waals surface area contributed by atoms with Crippen LogP contribution >= 0.6 is 12.4 Å². The standard InChI is InChI=1S/C19H34N2O.ClH/c1-12(2)16-8-3-4-9-17(16)21-19(22)15-10-13-6-5-7-14(11-15)18(13)20;/h12-18H,3-11,20H2,1-2H3,(H,21,22);1H. The molecule has 0 aromatic carbocycles. The van der Waals surface area contributed by atoms with Gasteiger partial charge in [0.2, 0.25) is 5.91 Å². The van der Waals surface area contributed by atoms with Crippen LogP contribution in [0.25, 0.3) is 0 Å². The normalized spacial score (nSPS) is 40.3. The van der Waals surface area contributed by atoms with Gasteiger partial charge in [0.25, 0.3) is 0 Å². The predicted octanol–water partition coefficient (Wildman–Crippen LogP) is 3.89. The lowest BCUT2D eigenvalue weighted by atomic mass is 9.65. The molecule has 3 nitrogen and oxygen atoms in total. The summed E-state index contributed by atoms with van der Waals surface area (Å²) >= 11 is 0. The molecule has 0 aliphatic heterocycles. The molecule has 2 bridgehead atoms. The van der Waals surface area contributed by atoms with E-state index in [1.54, 1.807) is 0 Å². The maximum atomic E-state index is 12.8. The Balaban J connectivity index is 0.00000192. The average molecular weight is 343 g/mol. The van der Waals surface area contributed by atoms with Crippen LogP contribution in [0.2, 0.25) is 0 Å². The molecule has 0 heterocycles. The van der Waals surface area contributed by atoms with Crippen LogP contribution in [0.4, 0.5) is 0 Å². The summed E-state index contributed by atoms with van der Waals surface area (Å²) in [6.07, 6.45) is 10.9. The minimum atomic E-state index is 0. The van der Waals surface area contributed by atoms with Crippen molar-refractivity contribution in [3.63, 3.8) is 0 Å². The van der Waals surface area contributed by atoms with Crippen LogP contribution in [-0.4, -0.2) is 18.0 Å². The molecule has 0 aromatic rings. The third kappa shape index (κ3) is 4.22. The van der Waals surface area contributed by atoms with E-state index in [0.717, 1.165) is 12.8 Å². The number of halogens is 1. The molecule has 3 aliphatic carbocycles. The molecule has 0 radical (unpaired) electrons. The molecule has 3 saturated carbocycles. The average Bonchev–Trinajstić information content (AvgIpc) is 2.47. The molecule has 3 rings (SSSR count). The monoisotopic (exact) mass is 342 g/mol. The van der Waals surface area contributed by atoms with E-state index in [0.29, 0.717) is 41.7 Å². The molecule has 134 valence electrons. The molecule has 0 spiro atoms. The first-order valence-electron chi connectivity index (χ1n) is 9.62. The highest BCUT2D eigenvalue weighted by molar-refractivity contribution is 5.85. The number of nitrogens with one attached hydrogen (secondary N) is 1. The molecule has 4 atom stereocenters. The van der Waals surface area contributed by atoms with Gasteiger partial charge in [-0.1, -0.05) is 33.1 Å². The second kappa shape index (κ2) is 8.20. The zero-order valence-corrected chi connectivity index (χ0v) is 15.6. The van der Waals surface area contributed by atoms with Gasteiger partial charge in [-0.15, -0.1) is 12.4 Å². The number of hydrogen-bond donors (Lipinski definition) is 2. The number of carbonyl (C=O) groups excluding carboxylic acids is 1. The first-order valence-corrected chi connectivity index (χ1v) is 9.62. The van der Waals surface area contributed by atoms with Crippen molar-refractivity contribution < 1.29 is 4.79 Å². The van der Waals surface area contributed by atoms with E-state index in [4.69, 9.17) is 5.73 Å². The van der Waals surface area contributed by atoms with E-state index >= 15 is 0 Å². The molecular weight excluding hydrogens is 308 g/mol. The van der Waals surface area contributed by atoms with Crippen molar-refractivity contribution in [2.75, 3.05) is 0 Å². The third-order valence-corrected chi connectivity index (χ3v) is 6.79. The number of amides is 1. The van der Waals surface area contributed by atoms with Crippen LogP contribution in [0.3, 0.4) is 0 Å². The molecule has 0 aromatic heterocycles. The Kier molecular flexibility index (Phi) is 6.79. The first-order chi connectivity index (χ1) is 10.6. The van der Waals surface area contributed by atoms with E-state index in [1.807, 2.05) is 0 Å². The second-order valence-electron chi connectivity index (χ2n) is 8.50. The third-order valence-electron chi connectivity index (χ3n) is 6.79. The molecule has 4 unspecified atom stereocenters. The lowest BCUT2D eigenvalue weighted by molar-refractivity contribution is -0.129. The smallest absolute Gasteiger partial charge is 0.223 e. The molecule has 3 N–H and O–H groups in total. The molecule has 23 heavy (non-hydrogen) atoms. The molecule has 0 saturated heterocycles. The van der Waals surface area contributed by atoms with E-state index in [9.17, 15) is 4.79 Å². The molecule has 4 heteroatoms. The lowest BCUT2D eigenvalue weighted by Gasteiger charge is -2.44. The Morgan fingerprint density at radius 2 is 1.61 bits per heavy atom. The fraction of sp³-hybridized carbons (Fsp3) is 0.947. The van der Waals surface area contributed by atoms with Crippen molar-refractivity contribution in [2.45, 2.75) is 83.7 Å². The summed E-state index contributed by atoms with van der Waals surface area (Å²) in [5.41, 5.74) is 6.36. The summed E-state index contributed by atoms with van der Waals surface area (Å²) in [7, 11) is 0. The summed E-state index contributed by atoms with van der Waals surface area (Å²) in [5, 5.41) is 3.44. The van der Waals surface area contributed by atoms with Crippen molar-refractivity contribution in [3.8, 4) is 0 Å². The summed E-state index contributed by atoms with van der Waals surface area (Å²) < 4.78 is 0. The van der Waals surface area contributed by atoms with Gasteiger partial charge in [0.05, 0.1) is 0 Å². The maximum absolute atomic E-state index is 12.8. The molecule has 3 fully saturated rings. The number of carbonyl (C=O) groups is 1. The molecule has 3 aliphatic rings. The number of rotatable bonds is 3. The van der Waals surface area contributed by atoms with Crippen molar-refractivity contribution in [1.82, 2.24) is 5.32 Å². The lowest BCUT2D eigenvalue weighted by Crippen LogP contribution is -2.51. The molecule has 1 amide bonds. The summed E-state index contributed by atoms with van der Waals surface area (Å²) in [6.45, 7) is 4.61. The highest BCUT2D eigenvalue weighted by Crippen LogP contribution is 2.42. The van der Waals surface area contributed by atoms with Crippen LogP contribution < -0.4 is 11.1 Å². The second-order valence-corrected chi connectivity index (χ2v) is 8.50. The van der Waals surface area contributed by atoms with Crippen LogP contribution in [-0.2, 0) is 4.79 Å². The van der Waals surface area contributed by atoms with Crippen LogP contribution in [0.1, 0.15) is 71.6 Å². The minimum Gasteiger partial charge on any atom is -0.353 e. The number of nitrogens with two attached hydrogens (primary N) is 1. The maximum Gasteiger partial charge on any atom is 0.223 e. The van der Waals surface area contributed by atoms with Gasteiger partial charge in [-0.3, -0.25) is 4.79 Å². The molecular formula is C19H35ClN2O. The highest BCUT2D eigenvalue weighted by atomic mass is 35.5. The van der Waals surface area contributed by atoms with Crippen molar-refractivity contribution >= 4 is 18.3 Å². The SMILES string of the molecule is CC(C)C1CCCCC1NC(=O)C1CC2CCCC(C1)C2N.Cl. The van der Waals surface area contributed by atoms with Gasteiger partial charge in [0.15, 0.2) is 0 Å². The Hall–Kier alpha value is -0.280. The van der Waals surface area contributed by atoms with Crippen LogP contribution in [0.15, 0.2) is 0 Å². The Labute approximate surface area is 147 Å². The zero-order chi connectivity index (χ0) is 15.7. The van der Waals surface area contributed by atoms with Gasteiger partial charge >= 0.3 is 0 Å².